The number of hydrogen-bond donors (Lipinski definition) is 1. The molecule has 0 unspecified atom stereocenters. The fraction of sp³-hybridized carbons (Fsp3) is 0.381. The Hall–Kier alpha value is -1.94. The van der Waals surface area contributed by atoms with Crippen LogP contribution >= 0.6 is 15.9 Å². The highest BCUT2D eigenvalue weighted by molar-refractivity contribution is 9.10. The van der Waals surface area contributed by atoms with Crippen molar-refractivity contribution in [3.63, 3.8) is 0 Å². The van der Waals surface area contributed by atoms with E-state index >= 15 is 0 Å². The summed E-state index contributed by atoms with van der Waals surface area (Å²) in [5.41, 5.74) is 0.922. The third kappa shape index (κ3) is 5.40. The van der Waals surface area contributed by atoms with Gasteiger partial charge >= 0.3 is 0 Å². The lowest BCUT2D eigenvalue weighted by Crippen LogP contribution is -2.46. The van der Waals surface area contributed by atoms with Crippen LogP contribution in [0.15, 0.2) is 51.8 Å². The number of likely N-dealkylation sites (N-methyl/N-ethyl adjacent to an activating group) is 1. The zero-order chi connectivity index (χ0) is 21.7. The fourth-order valence-corrected chi connectivity index (χ4v) is 4.89. The quantitative estimate of drug-likeness (QED) is 0.636. The molecule has 1 aliphatic rings. The second-order valence-electron chi connectivity index (χ2n) is 7.17. The molecule has 0 aromatic heterocycles. The van der Waals surface area contributed by atoms with Gasteiger partial charge in [0, 0.05) is 36.3 Å². The second-order valence-corrected chi connectivity index (χ2v) is 10.0. The van der Waals surface area contributed by atoms with Crippen molar-refractivity contribution in [3.8, 4) is 5.75 Å². The van der Waals surface area contributed by atoms with Crippen LogP contribution in [0, 0.1) is 0 Å². The molecule has 0 bridgehead atoms. The van der Waals surface area contributed by atoms with Crippen LogP contribution in [0.2, 0.25) is 0 Å². The molecule has 0 spiro atoms. The van der Waals surface area contributed by atoms with Crippen LogP contribution in [0.25, 0.3) is 0 Å². The number of benzene rings is 2. The Kier molecular flexibility index (Phi) is 7.51. The molecule has 2 aromatic carbocycles. The highest BCUT2D eigenvalue weighted by atomic mass is 79.9. The first-order chi connectivity index (χ1) is 14.3. The Balaban J connectivity index is 1.73. The monoisotopic (exact) mass is 495 g/mol. The largest absolute Gasteiger partial charge is 0.493 e. The second kappa shape index (κ2) is 9.91. The number of amides is 1. The molecular weight excluding hydrogens is 470 g/mol. The standard InChI is InChI=1S/C21H26BrN3O4S/c1-3-14-29-20-9-4-16(22)15-19(20)21(26)23-17-5-7-18(8-6-17)30(27,28)25-12-10-24(2)11-13-25/h4-9,15H,3,10-14H2,1-2H3,(H,23,26). The van der Waals surface area contributed by atoms with Gasteiger partial charge in [-0.1, -0.05) is 22.9 Å². The van der Waals surface area contributed by atoms with E-state index < -0.39 is 10.0 Å². The van der Waals surface area contributed by atoms with Gasteiger partial charge in [-0.25, -0.2) is 8.42 Å². The van der Waals surface area contributed by atoms with Crippen LogP contribution in [0.5, 0.6) is 5.75 Å². The Morgan fingerprint density at radius 3 is 2.40 bits per heavy atom. The maximum atomic E-state index is 12.8. The number of halogens is 1. The number of sulfonamides is 1. The van der Waals surface area contributed by atoms with Crippen LogP contribution in [-0.2, 0) is 10.0 Å². The number of nitrogens with one attached hydrogen (secondary N) is 1. The van der Waals surface area contributed by atoms with Crippen molar-refractivity contribution in [1.29, 1.82) is 0 Å². The van der Waals surface area contributed by atoms with E-state index in [4.69, 9.17) is 4.74 Å². The van der Waals surface area contributed by atoms with Crippen molar-refractivity contribution in [2.45, 2.75) is 18.2 Å². The number of carbonyl (C=O) groups excluding carboxylic acids is 1. The molecule has 0 saturated carbocycles. The molecule has 0 aliphatic carbocycles. The summed E-state index contributed by atoms with van der Waals surface area (Å²) in [5, 5.41) is 2.81. The predicted molar refractivity (Wildman–Crippen MR) is 121 cm³/mol. The van der Waals surface area contributed by atoms with Crippen LogP contribution in [0.3, 0.4) is 0 Å². The summed E-state index contributed by atoms with van der Waals surface area (Å²) in [6.07, 6.45) is 0.834. The van der Waals surface area contributed by atoms with Gasteiger partial charge in [-0.15, -0.1) is 0 Å². The van der Waals surface area contributed by atoms with E-state index in [0.717, 1.165) is 10.9 Å². The molecule has 162 valence electrons. The van der Waals surface area contributed by atoms with Gasteiger partial charge < -0.3 is 15.0 Å². The van der Waals surface area contributed by atoms with Crippen molar-refractivity contribution >= 4 is 37.5 Å². The minimum atomic E-state index is -3.54. The number of rotatable bonds is 7. The van der Waals surface area contributed by atoms with Gasteiger partial charge in [-0.05, 0) is 55.9 Å². The molecule has 1 saturated heterocycles. The molecule has 1 aliphatic heterocycles. The predicted octanol–water partition coefficient (Wildman–Crippen LogP) is 3.43. The third-order valence-electron chi connectivity index (χ3n) is 4.86. The normalized spacial score (nSPS) is 15.7. The van der Waals surface area contributed by atoms with Gasteiger partial charge in [0.25, 0.3) is 5.91 Å². The zero-order valence-electron chi connectivity index (χ0n) is 17.1. The van der Waals surface area contributed by atoms with E-state index in [1.54, 1.807) is 24.3 Å². The van der Waals surface area contributed by atoms with E-state index in [9.17, 15) is 13.2 Å². The lowest BCUT2D eigenvalue weighted by molar-refractivity contribution is 0.102. The van der Waals surface area contributed by atoms with E-state index in [-0.39, 0.29) is 10.8 Å². The van der Waals surface area contributed by atoms with Crippen molar-refractivity contribution in [2.75, 3.05) is 45.2 Å². The molecule has 1 heterocycles. The SMILES string of the molecule is CCCOc1ccc(Br)cc1C(=O)Nc1ccc(S(=O)(=O)N2CCN(C)CC2)cc1. The van der Waals surface area contributed by atoms with Gasteiger partial charge in [0.2, 0.25) is 10.0 Å². The first kappa shape index (κ1) is 22.7. The third-order valence-corrected chi connectivity index (χ3v) is 7.27. The van der Waals surface area contributed by atoms with Gasteiger partial charge in [-0.2, -0.15) is 4.31 Å². The number of carbonyl (C=O) groups is 1. The van der Waals surface area contributed by atoms with Crippen molar-refractivity contribution in [1.82, 2.24) is 9.21 Å². The molecular formula is C21H26BrN3O4S. The number of ether oxygens (including phenoxy) is 1. The number of hydrogen-bond acceptors (Lipinski definition) is 5. The van der Waals surface area contributed by atoms with Crippen LogP contribution in [0.1, 0.15) is 23.7 Å². The maximum absolute atomic E-state index is 12.8. The molecule has 0 radical (unpaired) electrons. The van der Waals surface area contributed by atoms with Crippen LogP contribution in [-0.4, -0.2) is 63.4 Å². The lowest BCUT2D eigenvalue weighted by Gasteiger charge is -2.31. The van der Waals surface area contributed by atoms with Gasteiger partial charge in [0.1, 0.15) is 5.75 Å². The van der Waals surface area contributed by atoms with E-state index in [1.807, 2.05) is 20.0 Å². The number of piperazine rings is 1. The lowest BCUT2D eigenvalue weighted by atomic mass is 10.2. The van der Waals surface area contributed by atoms with Crippen molar-refractivity contribution in [3.05, 3.63) is 52.5 Å². The summed E-state index contributed by atoms with van der Waals surface area (Å²) in [7, 11) is -1.56. The molecule has 1 fully saturated rings. The van der Waals surface area contributed by atoms with Crippen molar-refractivity contribution in [2.24, 2.45) is 0 Å². The summed E-state index contributed by atoms with van der Waals surface area (Å²) >= 11 is 3.38. The zero-order valence-corrected chi connectivity index (χ0v) is 19.5. The molecule has 30 heavy (non-hydrogen) atoms. The molecule has 9 heteroatoms. The van der Waals surface area contributed by atoms with Crippen LogP contribution in [0.4, 0.5) is 5.69 Å². The van der Waals surface area contributed by atoms with Gasteiger partial charge in [0.05, 0.1) is 17.1 Å². The molecule has 1 N–H and O–H groups in total. The highest BCUT2D eigenvalue weighted by Crippen LogP contribution is 2.25. The molecule has 2 aromatic rings. The van der Waals surface area contributed by atoms with E-state index in [0.29, 0.717) is 49.8 Å². The van der Waals surface area contributed by atoms with Crippen molar-refractivity contribution < 1.29 is 17.9 Å². The first-order valence-corrected chi connectivity index (χ1v) is 12.1. The fourth-order valence-electron chi connectivity index (χ4n) is 3.10. The van der Waals surface area contributed by atoms with Crippen LogP contribution < -0.4 is 10.1 Å². The Labute approximate surface area is 186 Å². The molecule has 3 rings (SSSR count). The highest BCUT2D eigenvalue weighted by Gasteiger charge is 2.27. The molecule has 1 amide bonds. The first-order valence-electron chi connectivity index (χ1n) is 9.83. The summed E-state index contributed by atoms with van der Waals surface area (Å²) < 4.78 is 33.6. The number of anilines is 1. The summed E-state index contributed by atoms with van der Waals surface area (Å²) in [6, 6.07) is 11.5. The van der Waals surface area contributed by atoms with Gasteiger partial charge in [0.15, 0.2) is 0 Å². The van der Waals surface area contributed by atoms with Gasteiger partial charge in [-0.3, -0.25) is 4.79 Å². The topological polar surface area (TPSA) is 78.9 Å². The van der Waals surface area contributed by atoms with E-state index in [2.05, 4.69) is 26.1 Å². The molecule has 0 atom stereocenters. The Morgan fingerprint density at radius 1 is 1.10 bits per heavy atom. The minimum absolute atomic E-state index is 0.222. The molecule has 7 nitrogen and oxygen atoms in total. The number of nitrogens with zero attached hydrogens (tertiary/aromatic N) is 2. The maximum Gasteiger partial charge on any atom is 0.259 e. The smallest absolute Gasteiger partial charge is 0.259 e. The summed E-state index contributed by atoms with van der Waals surface area (Å²) in [4.78, 5) is 15.1. The Bertz CT molecular complexity index is 988. The minimum Gasteiger partial charge on any atom is -0.493 e. The average Bonchev–Trinajstić information content (AvgIpc) is 2.73. The summed E-state index contributed by atoms with van der Waals surface area (Å²) in [5.74, 6) is 0.184. The van der Waals surface area contributed by atoms with E-state index in [1.165, 1.54) is 16.4 Å². The Morgan fingerprint density at radius 2 is 1.77 bits per heavy atom. The summed E-state index contributed by atoms with van der Waals surface area (Å²) in [6.45, 7) is 4.88. The average molecular weight is 496 g/mol.